The second kappa shape index (κ2) is 9.81. The second-order valence-corrected chi connectivity index (χ2v) is 8.50. The second-order valence-electron chi connectivity index (χ2n) is 7.19. The van der Waals surface area contributed by atoms with Gasteiger partial charge in [-0.3, -0.25) is 4.79 Å². The fourth-order valence-electron chi connectivity index (χ4n) is 3.45. The summed E-state index contributed by atoms with van der Waals surface area (Å²) >= 11 is 1.46. The molecule has 1 N–H and O–H groups in total. The number of aromatic nitrogens is 2. The molecule has 4 aromatic rings. The zero-order chi connectivity index (χ0) is 21.6. The Labute approximate surface area is 186 Å². The Balaban J connectivity index is 1.54. The maximum atomic E-state index is 13.0. The summed E-state index contributed by atoms with van der Waals surface area (Å²) in [7, 11) is 1.69. The van der Waals surface area contributed by atoms with E-state index in [1.807, 2.05) is 85.8 Å². The van der Waals surface area contributed by atoms with Gasteiger partial charge in [0, 0.05) is 24.9 Å². The fraction of sp³-hybridized carbons (Fsp3) is 0.200. The summed E-state index contributed by atoms with van der Waals surface area (Å²) < 4.78 is 7.38. The van der Waals surface area contributed by atoms with Crippen molar-refractivity contribution in [3.63, 3.8) is 0 Å². The topological polar surface area (TPSA) is 56.1 Å². The Morgan fingerprint density at radius 3 is 2.55 bits per heavy atom. The molecule has 3 aromatic carbocycles. The van der Waals surface area contributed by atoms with E-state index in [2.05, 4.69) is 9.88 Å². The van der Waals surface area contributed by atoms with Gasteiger partial charge >= 0.3 is 0 Å². The van der Waals surface area contributed by atoms with Crippen LogP contribution in [-0.4, -0.2) is 34.4 Å². The molecule has 0 spiro atoms. The Morgan fingerprint density at radius 1 is 1.03 bits per heavy atom. The minimum Gasteiger partial charge on any atom is -0.383 e. The van der Waals surface area contributed by atoms with Crippen LogP contribution >= 0.6 is 11.8 Å². The predicted octanol–water partition coefficient (Wildman–Crippen LogP) is 5.47. The largest absolute Gasteiger partial charge is 0.383 e. The third kappa shape index (κ3) is 4.81. The molecule has 1 heterocycles. The molecular weight excluding hydrogens is 406 g/mol. The van der Waals surface area contributed by atoms with Crippen molar-refractivity contribution in [3.05, 3.63) is 78.9 Å². The summed E-state index contributed by atoms with van der Waals surface area (Å²) in [5, 5.41) is 3.60. The SMILES string of the molecule is COCCn1c(SC(C)C(=O)Nc2ccccc2-c2ccccc2)nc2ccccc21. The molecule has 0 aliphatic rings. The number of amides is 1. The van der Waals surface area contributed by atoms with Gasteiger partial charge in [-0.1, -0.05) is 72.4 Å². The number of thioether (sulfide) groups is 1. The minimum atomic E-state index is -0.318. The van der Waals surface area contributed by atoms with Gasteiger partial charge in [-0.05, 0) is 30.7 Å². The Hall–Kier alpha value is -3.09. The maximum Gasteiger partial charge on any atom is 0.237 e. The molecule has 31 heavy (non-hydrogen) atoms. The quantitative estimate of drug-likeness (QED) is 0.376. The lowest BCUT2D eigenvalue weighted by Gasteiger charge is -2.15. The number of hydrogen-bond acceptors (Lipinski definition) is 4. The summed E-state index contributed by atoms with van der Waals surface area (Å²) in [6.07, 6.45) is 0. The van der Waals surface area contributed by atoms with Gasteiger partial charge in [0.2, 0.25) is 5.91 Å². The first-order valence-corrected chi connectivity index (χ1v) is 11.1. The number of rotatable bonds is 8. The van der Waals surface area contributed by atoms with Gasteiger partial charge in [0.15, 0.2) is 5.16 Å². The number of nitrogens with one attached hydrogen (secondary N) is 1. The number of nitrogens with zero attached hydrogens (tertiary/aromatic N) is 2. The Kier molecular flexibility index (Phi) is 6.70. The van der Waals surface area contributed by atoms with Gasteiger partial charge in [-0.15, -0.1) is 0 Å². The molecule has 0 bridgehead atoms. The van der Waals surface area contributed by atoms with Crippen molar-refractivity contribution in [2.75, 3.05) is 19.0 Å². The first kappa shape index (κ1) is 21.2. The van der Waals surface area contributed by atoms with Crippen molar-refractivity contribution < 1.29 is 9.53 Å². The predicted molar refractivity (Wildman–Crippen MR) is 127 cm³/mol. The number of imidazole rings is 1. The van der Waals surface area contributed by atoms with Crippen molar-refractivity contribution in [1.29, 1.82) is 0 Å². The van der Waals surface area contributed by atoms with Crippen LogP contribution in [0.2, 0.25) is 0 Å². The number of methoxy groups -OCH3 is 1. The zero-order valence-corrected chi connectivity index (χ0v) is 18.4. The van der Waals surface area contributed by atoms with E-state index in [-0.39, 0.29) is 11.2 Å². The number of benzene rings is 3. The molecule has 4 rings (SSSR count). The van der Waals surface area contributed by atoms with Gasteiger partial charge in [0.1, 0.15) is 0 Å². The van der Waals surface area contributed by atoms with Crippen LogP contribution in [0, 0.1) is 0 Å². The highest BCUT2D eigenvalue weighted by Crippen LogP contribution is 2.30. The number of para-hydroxylation sites is 3. The fourth-order valence-corrected chi connectivity index (χ4v) is 4.40. The van der Waals surface area contributed by atoms with Crippen LogP contribution in [0.4, 0.5) is 5.69 Å². The average molecular weight is 432 g/mol. The highest BCUT2D eigenvalue weighted by Gasteiger charge is 2.20. The molecule has 6 heteroatoms. The molecule has 0 saturated carbocycles. The summed E-state index contributed by atoms with van der Waals surface area (Å²) in [4.78, 5) is 17.8. The first-order valence-electron chi connectivity index (χ1n) is 10.2. The van der Waals surface area contributed by atoms with E-state index in [0.29, 0.717) is 13.2 Å². The van der Waals surface area contributed by atoms with Crippen molar-refractivity contribution in [2.45, 2.75) is 23.9 Å². The Morgan fingerprint density at radius 2 is 1.74 bits per heavy atom. The van der Waals surface area contributed by atoms with Crippen molar-refractivity contribution >= 4 is 34.4 Å². The lowest BCUT2D eigenvalue weighted by Crippen LogP contribution is -2.23. The summed E-state index contributed by atoms with van der Waals surface area (Å²) in [6.45, 7) is 3.18. The van der Waals surface area contributed by atoms with Gasteiger partial charge in [0.25, 0.3) is 0 Å². The van der Waals surface area contributed by atoms with Crippen LogP contribution in [0.3, 0.4) is 0 Å². The van der Waals surface area contributed by atoms with Gasteiger partial charge < -0.3 is 14.6 Å². The molecule has 1 unspecified atom stereocenters. The average Bonchev–Trinajstić information content (AvgIpc) is 3.15. The number of ether oxygens (including phenoxy) is 1. The number of hydrogen-bond donors (Lipinski definition) is 1. The molecule has 0 fully saturated rings. The molecule has 0 aliphatic carbocycles. The van der Waals surface area contributed by atoms with E-state index in [1.165, 1.54) is 11.8 Å². The monoisotopic (exact) mass is 431 g/mol. The highest BCUT2D eigenvalue weighted by molar-refractivity contribution is 8.00. The molecule has 158 valence electrons. The standard InChI is InChI=1S/C25H25N3O2S/c1-18(31-25-27-22-14-8-9-15-23(22)28(25)16-17-30-2)24(29)26-21-13-7-6-12-20(21)19-10-4-3-5-11-19/h3-15,18H,16-17H2,1-2H3,(H,26,29). The number of carbonyl (C=O) groups excluding carboxylic acids is 1. The Bertz CT molecular complexity index is 1170. The molecular formula is C25H25N3O2S. The van der Waals surface area contributed by atoms with Gasteiger partial charge in [0.05, 0.1) is 22.9 Å². The third-order valence-corrected chi connectivity index (χ3v) is 6.15. The van der Waals surface area contributed by atoms with Crippen LogP contribution in [0.15, 0.2) is 84.0 Å². The minimum absolute atomic E-state index is 0.0567. The molecule has 0 radical (unpaired) electrons. The first-order chi connectivity index (χ1) is 15.2. The molecule has 0 saturated heterocycles. The van der Waals surface area contributed by atoms with Crippen LogP contribution in [-0.2, 0) is 16.1 Å². The molecule has 1 aromatic heterocycles. The zero-order valence-electron chi connectivity index (χ0n) is 17.6. The number of fused-ring (bicyclic) bond motifs is 1. The van der Waals surface area contributed by atoms with Crippen LogP contribution in [0.1, 0.15) is 6.92 Å². The van der Waals surface area contributed by atoms with Gasteiger partial charge in [-0.2, -0.15) is 0 Å². The third-order valence-electron chi connectivity index (χ3n) is 5.06. The van der Waals surface area contributed by atoms with Gasteiger partial charge in [-0.25, -0.2) is 4.98 Å². The number of carbonyl (C=O) groups is 1. The van der Waals surface area contributed by atoms with Crippen LogP contribution in [0.25, 0.3) is 22.2 Å². The van der Waals surface area contributed by atoms with Crippen molar-refractivity contribution in [1.82, 2.24) is 9.55 Å². The molecule has 0 aliphatic heterocycles. The summed E-state index contributed by atoms with van der Waals surface area (Å²) in [6, 6.07) is 25.9. The van der Waals surface area contributed by atoms with E-state index in [4.69, 9.17) is 9.72 Å². The lowest BCUT2D eigenvalue weighted by atomic mass is 10.0. The van der Waals surface area contributed by atoms with E-state index in [9.17, 15) is 4.79 Å². The van der Waals surface area contributed by atoms with E-state index >= 15 is 0 Å². The highest BCUT2D eigenvalue weighted by atomic mass is 32.2. The summed E-state index contributed by atoms with van der Waals surface area (Å²) in [5.41, 5.74) is 4.84. The van der Waals surface area contributed by atoms with Crippen molar-refractivity contribution in [2.24, 2.45) is 0 Å². The molecule has 1 atom stereocenters. The maximum absolute atomic E-state index is 13.0. The number of anilines is 1. The van der Waals surface area contributed by atoms with Crippen LogP contribution in [0.5, 0.6) is 0 Å². The van der Waals surface area contributed by atoms with Crippen molar-refractivity contribution in [3.8, 4) is 11.1 Å². The van der Waals surface area contributed by atoms with E-state index < -0.39 is 0 Å². The normalized spacial score (nSPS) is 12.1. The summed E-state index contributed by atoms with van der Waals surface area (Å²) in [5.74, 6) is -0.0567. The molecule has 5 nitrogen and oxygen atoms in total. The lowest BCUT2D eigenvalue weighted by molar-refractivity contribution is -0.115. The van der Waals surface area contributed by atoms with E-state index in [1.54, 1.807) is 7.11 Å². The van der Waals surface area contributed by atoms with Crippen LogP contribution < -0.4 is 5.32 Å². The smallest absolute Gasteiger partial charge is 0.237 e. The van der Waals surface area contributed by atoms with E-state index in [0.717, 1.165) is 33.0 Å². The molecule has 1 amide bonds.